The SMILES string of the molecule is CCCCCCC(C)NCc1nc(C)ccc1O. The maximum Gasteiger partial charge on any atom is 0.138 e. The van der Waals surface area contributed by atoms with Crippen LogP contribution in [0, 0.1) is 6.92 Å². The number of nitrogens with zero attached hydrogens (tertiary/aromatic N) is 1. The van der Waals surface area contributed by atoms with Crippen LogP contribution < -0.4 is 5.32 Å². The lowest BCUT2D eigenvalue weighted by molar-refractivity contribution is 0.443. The number of nitrogens with one attached hydrogen (secondary N) is 1. The van der Waals surface area contributed by atoms with Crippen molar-refractivity contribution >= 4 is 0 Å². The van der Waals surface area contributed by atoms with Crippen LogP contribution in [0.5, 0.6) is 5.75 Å². The summed E-state index contributed by atoms with van der Waals surface area (Å²) in [5, 5.41) is 13.1. The average molecular weight is 250 g/mol. The molecule has 1 rings (SSSR count). The topological polar surface area (TPSA) is 45.2 Å². The van der Waals surface area contributed by atoms with Crippen molar-refractivity contribution in [3.63, 3.8) is 0 Å². The summed E-state index contributed by atoms with van der Waals surface area (Å²) >= 11 is 0. The Balaban J connectivity index is 2.29. The number of rotatable bonds is 8. The second-order valence-corrected chi connectivity index (χ2v) is 5.05. The van der Waals surface area contributed by atoms with Gasteiger partial charge in [-0.25, -0.2) is 0 Å². The molecule has 1 unspecified atom stereocenters. The molecule has 2 N–H and O–H groups in total. The molecule has 1 aromatic heterocycles. The number of unbranched alkanes of at least 4 members (excludes halogenated alkanes) is 3. The van der Waals surface area contributed by atoms with Gasteiger partial charge in [-0.2, -0.15) is 0 Å². The Morgan fingerprint density at radius 3 is 2.78 bits per heavy atom. The fourth-order valence-corrected chi connectivity index (χ4v) is 1.98. The normalized spacial score (nSPS) is 12.6. The van der Waals surface area contributed by atoms with Gasteiger partial charge in [0.15, 0.2) is 0 Å². The highest BCUT2D eigenvalue weighted by molar-refractivity contribution is 5.27. The molecule has 0 bridgehead atoms. The van der Waals surface area contributed by atoms with E-state index in [1.54, 1.807) is 6.07 Å². The fraction of sp³-hybridized carbons (Fsp3) is 0.667. The van der Waals surface area contributed by atoms with Gasteiger partial charge in [-0.05, 0) is 32.4 Å². The Morgan fingerprint density at radius 2 is 2.06 bits per heavy atom. The molecule has 0 amide bonds. The third kappa shape index (κ3) is 5.50. The molecule has 0 aliphatic carbocycles. The molecule has 1 atom stereocenters. The summed E-state index contributed by atoms with van der Waals surface area (Å²) in [6.45, 7) is 7.01. The van der Waals surface area contributed by atoms with E-state index in [4.69, 9.17) is 0 Å². The van der Waals surface area contributed by atoms with Gasteiger partial charge in [0.1, 0.15) is 5.75 Å². The highest BCUT2D eigenvalue weighted by Crippen LogP contribution is 2.14. The van der Waals surface area contributed by atoms with Gasteiger partial charge < -0.3 is 10.4 Å². The lowest BCUT2D eigenvalue weighted by Gasteiger charge is -2.14. The standard InChI is InChI=1S/C15H26N2O/c1-4-5-6-7-8-12(2)16-11-14-15(18)10-9-13(3)17-14/h9-10,12,16,18H,4-8,11H2,1-3H3. The van der Waals surface area contributed by atoms with E-state index in [9.17, 15) is 5.11 Å². The molecule has 1 aromatic rings. The zero-order valence-electron chi connectivity index (χ0n) is 11.9. The fourth-order valence-electron chi connectivity index (χ4n) is 1.98. The number of aromatic hydroxyl groups is 1. The number of hydrogen-bond donors (Lipinski definition) is 2. The second-order valence-electron chi connectivity index (χ2n) is 5.05. The first-order chi connectivity index (χ1) is 8.63. The van der Waals surface area contributed by atoms with Crippen molar-refractivity contribution in [2.75, 3.05) is 0 Å². The van der Waals surface area contributed by atoms with Gasteiger partial charge in [0.2, 0.25) is 0 Å². The molecule has 0 saturated heterocycles. The van der Waals surface area contributed by atoms with E-state index in [1.165, 1.54) is 32.1 Å². The van der Waals surface area contributed by atoms with Gasteiger partial charge in [0.25, 0.3) is 0 Å². The monoisotopic (exact) mass is 250 g/mol. The highest BCUT2D eigenvalue weighted by atomic mass is 16.3. The summed E-state index contributed by atoms with van der Waals surface area (Å²) in [5.74, 6) is 0.284. The summed E-state index contributed by atoms with van der Waals surface area (Å²) in [6.07, 6.45) is 6.38. The maximum atomic E-state index is 9.69. The van der Waals surface area contributed by atoms with Crippen LogP contribution in [-0.4, -0.2) is 16.1 Å². The minimum Gasteiger partial charge on any atom is -0.506 e. The molecule has 102 valence electrons. The van der Waals surface area contributed by atoms with E-state index in [1.807, 2.05) is 13.0 Å². The Morgan fingerprint density at radius 1 is 1.28 bits per heavy atom. The van der Waals surface area contributed by atoms with Crippen molar-refractivity contribution in [3.8, 4) is 5.75 Å². The molecule has 0 aliphatic heterocycles. The first-order valence-corrected chi connectivity index (χ1v) is 7.02. The summed E-state index contributed by atoms with van der Waals surface area (Å²) in [6, 6.07) is 4.02. The molecule has 3 heteroatoms. The largest absolute Gasteiger partial charge is 0.506 e. The summed E-state index contributed by atoms with van der Waals surface area (Å²) < 4.78 is 0. The molecular weight excluding hydrogens is 224 g/mol. The number of aryl methyl sites for hydroxylation is 1. The van der Waals surface area contributed by atoms with E-state index < -0.39 is 0 Å². The van der Waals surface area contributed by atoms with E-state index in [-0.39, 0.29) is 5.75 Å². The molecule has 0 saturated carbocycles. The van der Waals surface area contributed by atoms with E-state index in [0.29, 0.717) is 12.6 Å². The third-order valence-corrected chi connectivity index (χ3v) is 3.20. The predicted molar refractivity (Wildman–Crippen MR) is 75.7 cm³/mol. The Labute approximate surface area is 111 Å². The highest BCUT2D eigenvalue weighted by Gasteiger charge is 2.06. The molecule has 0 fully saturated rings. The summed E-state index contributed by atoms with van der Waals surface area (Å²) in [4.78, 5) is 4.34. The van der Waals surface area contributed by atoms with Gasteiger partial charge in [-0.3, -0.25) is 4.98 Å². The number of hydrogen-bond acceptors (Lipinski definition) is 3. The maximum absolute atomic E-state index is 9.69. The molecule has 0 aromatic carbocycles. The second kappa shape index (κ2) is 8.09. The first-order valence-electron chi connectivity index (χ1n) is 7.02. The van der Waals surface area contributed by atoms with Crippen LogP contribution in [0.15, 0.2) is 12.1 Å². The molecule has 0 spiro atoms. The summed E-state index contributed by atoms with van der Waals surface area (Å²) in [5.41, 5.74) is 1.69. The smallest absolute Gasteiger partial charge is 0.138 e. The van der Waals surface area contributed by atoms with Crippen LogP contribution in [0.2, 0.25) is 0 Å². The Kier molecular flexibility index (Phi) is 6.73. The van der Waals surface area contributed by atoms with Crippen LogP contribution in [0.3, 0.4) is 0 Å². The van der Waals surface area contributed by atoms with Crippen molar-refractivity contribution < 1.29 is 5.11 Å². The van der Waals surface area contributed by atoms with Gasteiger partial charge in [0.05, 0.1) is 5.69 Å². The predicted octanol–water partition coefficient (Wildman–Crippen LogP) is 3.54. The van der Waals surface area contributed by atoms with Crippen molar-refractivity contribution in [2.24, 2.45) is 0 Å². The van der Waals surface area contributed by atoms with Crippen LogP contribution in [-0.2, 0) is 6.54 Å². The molecule has 18 heavy (non-hydrogen) atoms. The average Bonchev–Trinajstić information content (AvgIpc) is 2.36. The lowest BCUT2D eigenvalue weighted by atomic mass is 10.1. The molecule has 3 nitrogen and oxygen atoms in total. The first kappa shape index (κ1) is 15.0. The Bertz CT molecular complexity index is 352. The minimum absolute atomic E-state index is 0.284. The van der Waals surface area contributed by atoms with E-state index in [0.717, 1.165) is 11.4 Å². The van der Waals surface area contributed by atoms with Gasteiger partial charge in [0, 0.05) is 18.3 Å². The van der Waals surface area contributed by atoms with Crippen molar-refractivity contribution in [3.05, 3.63) is 23.5 Å². The third-order valence-electron chi connectivity index (χ3n) is 3.20. The van der Waals surface area contributed by atoms with E-state index >= 15 is 0 Å². The van der Waals surface area contributed by atoms with Gasteiger partial charge in [-0.15, -0.1) is 0 Å². The zero-order chi connectivity index (χ0) is 13.4. The van der Waals surface area contributed by atoms with Crippen LogP contribution in [0.4, 0.5) is 0 Å². The molecule has 1 heterocycles. The number of pyridine rings is 1. The van der Waals surface area contributed by atoms with Crippen molar-refractivity contribution in [1.82, 2.24) is 10.3 Å². The van der Waals surface area contributed by atoms with Gasteiger partial charge >= 0.3 is 0 Å². The lowest BCUT2D eigenvalue weighted by Crippen LogP contribution is -2.25. The van der Waals surface area contributed by atoms with Gasteiger partial charge in [-0.1, -0.05) is 32.6 Å². The van der Waals surface area contributed by atoms with E-state index in [2.05, 4.69) is 24.1 Å². The quantitative estimate of drug-likeness (QED) is 0.694. The zero-order valence-corrected chi connectivity index (χ0v) is 11.9. The van der Waals surface area contributed by atoms with Crippen molar-refractivity contribution in [1.29, 1.82) is 0 Å². The molecule has 0 radical (unpaired) electrons. The molecular formula is C15H26N2O. The Hall–Kier alpha value is -1.09. The van der Waals surface area contributed by atoms with Crippen LogP contribution in [0.1, 0.15) is 57.3 Å². The van der Waals surface area contributed by atoms with Crippen LogP contribution >= 0.6 is 0 Å². The van der Waals surface area contributed by atoms with Crippen LogP contribution in [0.25, 0.3) is 0 Å². The summed E-state index contributed by atoms with van der Waals surface area (Å²) in [7, 11) is 0. The van der Waals surface area contributed by atoms with Crippen molar-refractivity contribution in [2.45, 2.75) is 65.5 Å². The minimum atomic E-state index is 0.284. The molecule has 0 aliphatic rings. The number of aromatic nitrogens is 1.